The largest absolute Gasteiger partial charge is 0.325 e. The van der Waals surface area contributed by atoms with Crippen LogP contribution in [0.4, 0.5) is 10.1 Å². The van der Waals surface area contributed by atoms with Gasteiger partial charge in [-0.05, 0) is 67.4 Å². The van der Waals surface area contributed by atoms with E-state index in [1.807, 2.05) is 48.5 Å². The molecule has 3 heterocycles. The minimum Gasteiger partial charge on any atom is -0.325 e. The first-order valence-electron chi connectivity index (χ1n) is 13.2. The highest BCUT2D eigenvalue weighted by atomic mass is 19.1. The molecular weight excluding hydrogens is 479 g/mol. The fourth-order valence-corrected chi connectivity index (χ4v) is 5.43. The molecular formula is C30H31FN6O. The fraction of sp³-hybridized carbons (Fsp3) is 0.300. The summed E-state index contributed by atoms with van der Waals surface area (Å²) in [6.07, 6.45) is 2.67. The number of hydrogen-bond acceptors (Lipinski definition) is 5. The third kappa shape index (κ3) is 5.37. The summed E-state index contributed by atoms with van der Waals surface area (Å²) in [7, 11) is 0. The second kappa shape index (κ2) is 10.8. The van der Waals surface area contributed by atoms with Crippen molar-refractivity contribution in [3.8, 4) is 17.1 Å². The predicted molar refractivity (Wildman–Crippen MR) is 146 cm³/mol. The van der Waals surface area contributed by atoms with Gasteiger partial charge in [-0.25, -0.2) is 4.39 Å². The fourth-order valence-electron chi connectivity index (χ4n) is 5.43. The molecule has 0 spiro atoms. The molecule has 3 aromatic carbocycles. The Labute approximate surface area is 221 Å². The van der Waals surface area contributed by atoms with E-state index in [9.17, 15) is 9.18 Å². The van der Waals surface area contributed by atoms with Crippen LogP contribution in [0.2, 0.25) is 0 Å². The molecule has 0 aliphatic carbocycles. The van der Waals surface area contributed by atoms with Crippen molar-refractivity contribution in [2.75, 3.05) is 38.0 Å². The van der Waals surface area contributed by atoms with Crippen LogP contribution in [-0.4, -0.2) is 63.2 Å². The van der Waals surface area contributed by atoms with Crippen LogP contribution in [-0.2, 0) is 24.2 Å². The maximum absolute atomic E-state index is 13.2. The summed E-state index contributed by atoms with van der Waals surface area (Å²) in [6.45, 7) is 4.74. The highest BCUT2D eigenvalue weighted by Gasteiger charge is 2.23. The van der Waals surface area contributed by atoms with Gasteiger partial charge in [0.15, 0.2) is 5.82 Å². The van der Waals surface area contributed by atoms with Crippen molar-refractivity contribution in [2.45, 2.75) is 25.8 Å². The number of nitrogens with zero attached hydrogens (tertiary/aromatic N) is 5. The second-order valence-corrected chi connectivity index (χ2v) is 10.1. The molecule has 1 saturated heterocycles. The second-order valence-electron chi connectivity index (χ2n) is 10.1. The summed E-state index contributed by atoms with van der Waals surface area (Å²) in [5.41, 5.74) is 5.21. The molecule has 1 aromatic heterocycles. The Hall–Kier alpha value is -3.88. The number of halogens is 1. The summed E-state index contributed by atoms with van der Waals surface area (Å²) in [6, 6.07) is 22.9. The third-order valence-electron chi connectivity index (χ3n) is 7.35. The lowest BCUT2D eigenvalue weighted by Crippen LogP contribution is -2.36. The Morgan fingerprint density at radius 2 is 1.66 bits per heavy atom. The van der Waals surface area contributed by atoms with Crippen molar-refractivity contribution in [1.82, 2.24) is 24.6 Å². The van der Waals surface area contributed by atoms with Crippen LogP contribution in [0.1, 0.15) is 23.4 Å². The van der Waals surface area contributed by atoms with E-state index in [0.717, 1.165) is 86.1 Å². The molecule has 1 N–H and O–H groups in total. The zero-order valence-corrected chi connectivity index (χ0v) is 21.3. The van der Waals surface area contributed by atoms with E-state index in [-0.39, 0.29) is 11.7 Å². The molecule has 7 nitrogen and oxygen atoms in total. The molecule has 194 valence electrons. The van der Waals surface area contributed by atoms with Crippen molar-refractivity contribution in [3.63, 3.8) is 0 Å². The number of hydrogen-bond donors (Lipinski definition) is 1. The highest BCUT2D eigenvalue weighted by Crippen LogP contribution is 2.31. The van der Waals surface area contributed by atoms with Crippen LogP contribution in [0.3, 0.4) is 0 Å². The lowest BCUT2D eigenvalue weighted by atomic mass is 10.0. The summed E-state index contributed by atoms with van der Waals surface area (Å²) in [4.78, 5) is 17.5. The van der Waals surface area contributed by atoms with E-state index in [4.69, 9.17) is 0 Å². The number of aryl methyl sites for hydroxylation is 2. The molecule has 4 aromatic rings. The zero-order valence-electron chi connectivity index (χ0n) is 21.3. The Balaban J connectivity index is 1.08. The topological polar surface area (TPSA) is 66.3 Å². The van der Waals surface area contributed by atoms with E-state index in [1.165, 1.54) is 17.7 Å². The molecule has 0 bridgehead atoms. The lowest BCUT2D eigenvalue weighted by Gasteiger charge is -2.22. The van der Waals surface area contributed by atoms with Gasteiger partial charge in [-0.1, -0.05) is 42.5 Å². The number of rotatable bonds is 6. The number of nitrogens with one attached hydrogen (secondary N) is 1. The van der Waals surface area contributed by atoms with Crippen LogP contribution in [0.25, 0.3) is 17.1 Å². The predicted octanol–water partition coefficient (Wildman–Crippen LogP) is 4.32. The van der Waals surface area contributed by atoms with Crippen molar-refractivity contribution in [3.05, 3.63) is 95.6 Å². The zero-order chi connectivity index (χ0) is 25.9. The molecule has 2 aliphatic heterocycles. The smallest absolute Gasteiger partial charge is 0.238 e. The van der Waals surface area contributed by atoms with Gasteiger partial charge in [-0.2, -0.15) is 0 Å². The van der Waals surface area contributed by atoms with Crippen molar-refractivity contribution in [2.24, 2.45) is 0 Å². The maximum Gasteiger partial charge on any atom is 0.238 e. The van der Waals surface area contributed by atoms with Gasteiger partial charge in [0.25, 0.3) is 0 Å². The maximum atomic E-state index is 13.2. The molecule has 0 radical (unpaired) electrons. The molecule has 2 aliphatic rings. The highest BCUT2D eigenvalue weighted by molar-refractivity contribution is 5.92. The average Bonchev–Trinajstić information content (AvgIpc) is 3.26. The number of benzene rings is 3. The van der Waals surface area contributed by atoms with Gasteiger partial charge in [-0.3, -0.25) is 19.2 Å². The normalized spacial score (nSPS) is 15.9. The quantitative estimate of drug-likeness (QED) is 0.419. The number of fused-ring (bicyclic) bond motifs is 3. The monoisotopic (exact) mass is 510 g/mol. The SMILES string of the molecule is O=C(CN1CCCN(Cc2ccc(F)cc2)CC1)Nc1ccc2c(c1)CCc1nnc(-c3ccccc3)n1-2. The molecule has 1 fully saturated rings. The van der Waals surface area contributed by atoms with E-state index < -0.39 is 0 Å². The molecule has 0 unspecified atom stereocenters. The molecule has 8 heteroatoms. The first kappa shape index (κ1) is 24.5. The van der Waals surface area contributed by atoms with Crippen LogP contribution in [0.15, 0.2) is 72.8 Å². The first-order chi connectivity index (χ1) is 18.6. The Kier molecular flexibility index (Phi) is 6.98. The average molecular weight is 511 g/mol. The van der Waals surface area contributed by atoms with E-state index in [1.54, 1.807) is 0 Å². The summed E-state index contributed by atoms with van der Waals surface area (Å²) in [5.74, 6) is 1.60. The van der Waals surface area contributed by atoms with Gasteiger partial charge < -0.3 is 5.32 Å². The van der Waals surface area contributed by atoms with Crippen LogP contribution >= 0.6 is 0 Å². The minimum atomic E-state index is -0.207. The van der Waals surface area contributed by atoms with Crippen molar-refractivity contribution in [1.29, 1.82) is 0 Å². The molecule has 38 heavy (non-hydrogen) atoms. The van der Waals surface area contributed by atoms with Gasteiger partial charge in [0, 0.05) is 37.3 Å². The van der Waals surface area contributed by atoms with E-state index in [2.05, 4.69) is 42.0 Å². The Morgan fingerprint density at radius 1 is 0.868 bits per heavy atom. The number of anilines is 1. The van der Waals surface area contributed by atoms with Gasteiger partial charge in [0.2, 0.25) is 5.91 Å². The van der Waals surface area contributed by atoms with Crippen LogP contribution in [0.5, 0.6) is 0 Å². The minimum absolute atomic E-state index is 0.00250. The van der Waals surface area contributed by atoms with Gasteiger partial charge in [0.1, 0.15) is 11.6 Å². The number of carbonyl (C=O) groups is 1. The molecule has 6 rings (SSSR count). The van der Waals surface area contributed by atoms with Crippen LogP contribution < -0.4 is 5.32 Å². The summed E-state index contributed by atoms with van der Waals surface area (Å²) >= 11 is 0. The van der Waals surface area contributed by atoms with E-state index in [0.29, 0.717) is 6.54 Å². The first-order valence-corrected chi connectivity index (χ1v) is 13.2. The molecule has 0 atom stereocenters. The molecule has 1 amide bonds. The Morgan fingerprint density at radius 3 is 2.50 bits per heavy atom. The van der Waals surface area contributed by atoms with Gasteiger partial charge in [-0.15, -0.1) is 10.2 Å². The van der Waals surface area contributed by atoms with Crippen molar-refractivity contribution < 1.29 is 9.18 Å². The summed E-state index contributed by atoms with van der Waals surface area (Å²) < 4.78 is 15.3. The van der Waals surface area contributed by atoms with Gasteiger partial charge in [0.05, 0.1) is 12.2 Å². The number of carbonyl (C=O) groups excluding carboxylic acids is 1. The lowest BCUT2D eigenvalue weighted by molar-refractivity contribution is -0.117. The Bertz CT molecular complexity index is 1420. The third-order valence-corrected chi connectivity index (χ3v) is 7.35. The van der Waals surface area contributed by atoms with E-state index >= 15 is 0 Å². The summed E-state index contributed by atoms with van der Waals surface area (Å²) in [5, 5.41) is 12.0. The van der Waals surface area contributed by atoms with Crippen LogP contribution in [0, 0.1) is 5.82 Å². The standard InChI is InChI=1S/C30H31FN6O/c31-25-10-7-22(8-11-25)20-35-15-4-16-36(18-17-35)21-29(38)32-26-12-13-27-24(19-26)9-14-28-33-34-30(37(27)28)23-5-2-1-3-6-23/h1-3,5-8,10-13,19H,4,9,14-18,20-21H2,(H,32,38). The number of aromatic nitrogens is 3. The van der Waals surface area contributed by atoms with Gasteiger partial charge >= 0.3 is 0 Å². The molecule has 0 saturated carbocycles. The number of amides is 1. The van der Waals surface area contributed by atoms with Crippen molar-refractivity contribution >= 4 is 11.6 Å².